The highest BCUT2D eigenvalue weighted by Gasteiger charge is 2.28. The van der Waals surface area contributed by atoms with E-state index in [-0.39, 0.29) is 0 Å². The van der Waals surface area contributed by atoms with Gasteiger partial charge in [0.1, 0.15) is 12.3 Å². The van der Waals surface area contributed by atoms with Crippen LogP contribution >= 0.6 is 27.3 Å². The fourth-order valence-electron chi connectivity index (χ4n) is 2.02. The Labute approximate surface area is 112 Å². The molecule has 88 valence electrons. The summed E-state index contributed by atoms with van der Waals surface area (Å²) in [6.45, 7) is 2.71. The van der Waals surface area contributed by atoms with Crippen molar-refractivity contribution < 1.29 is 4.84 Å². The third kappa shape index (κ3) is 1.65. The predicted molar refractivity (Wildman–Crippen MR) is 73.8 cm³/mol. The lowest BCUT2D eigenvalue weighted by Crippen LogP contribution is -2.00. The van der Waals surface area contributed by atoms with Gasteiger partial charge in [0.25, 0.3) is 0 Å². The summed E-state index contributed by atoms with van der Waals surface area (Å²) >= 11 is 5.04. The van der Waals surface area contributed by atoms with Gasteiger partial charge in [-0.25, -0.2) is 0 Å². The first kappa shape index (κ1) is 11.0. The number of rotatable bonds is 3. The van der Waals surface area contributed by atoms with E-state index in [0.717, 1.165) is 16.7 Å². The molecule has 0 N–H and O–H groups in total. The Kier molecular flexibility index (Phi) is 2.80. The van der Waals surface area contributed by atoms with Crippen LogP contribution in [0.15, 0.2) is 28.9 Å². The maximum atomic E-state index is 5.29. The minimum Gasteiger partial charge on any atom is -0.394 e. The number of aryl methyl sites for hydroxylation is 1. The van der Waals surface area contributed by atoms with Crippen molar-refractivity contribution in [3.8, 4) is 5.69 Å². The Balaban J connectivity index is 2.09. The number of hydrogen-bond donors (Lipinski definition) is 0. The van der Waals surface area contributed by atoms with E-state index in [4.69, 9.17) is 4.84 Å². The molecule has 3 heterocycles. The molecule has 1 aliphatic rings. The van der Waals surface area contributed by atoms with Crippen molar-refractivity contribution in [3.05, 3.63) is 39.8 Å². The normalized spacial score (nSPS) is 15.1. The van der Waals surface area contributed by atoms with Crippen LogP contribution in [0.3, 0.4) is 0 Å². The van der Waals surface area contributed by atoms with Crippen LogP contribution in [0.5, 0.6) is 0 Å². The topological polar surface area (TPSA) is 26.5 Å². The summed E-state index contributed by atoms with van der Waals surface area (Å²) in [6, 6.07) is 4.11. The molecule has 3 nitrogen and oxygen atoms in total. The molecule has 0 amide bonds. The van der Waals surface area contributed by atoms with Crippen LogP contribution in [0, 0.1) is 6.92 Å². The van der Waals surface area contributed by atoms with Crippen molar-refractivity contribution in [2.24, 2.45) is 5.16 Å². The number of alkyl halides is 1. The second-order valence-corrected chi connectivity index (χ2v) is 5.49. The van der Waals surface area contributed by atoms with Gasteiger partial charge >= 0.3 is 0 Å². The van der Waals surface area contributed by atoms with Gasteiger partial charge in [-0.1, -0.05) is 21.1 Å². The minimum absolute atomic E-state index is 0.587. The first-order valence-electron chi connectivity index (χ1n) is 5.35. The molecule has 2 aromatic rings. The lowest BCUT2D eigenvalue weighted by molar-refractivity contribution is 0.162. The van der Waals surface area contributed by atoms with Gasteiger partial charge in [0.15, 0.2) is 0 Å². The second-order valence-electron chi connectivity index (χ2n) is 3.82. The predicted octanol–water partition coefficient (Wildman–Crippen LogP) is 3.32. The number of halogens is 1. The minimum atomic E-state index is 0.587. The summed E-state index contributed by atoms with van der Waals surface area (Å²) < 4.78 is 2.18. The lowest BCUT2D eigenvalue weighted by atomic mass is 10.2. The van der Waals surface area contributed by atoms with Crippen molar-refractivity contribution in [2.45, 2.75) is 6.92 Å². The molecule has 0 fully saturated rings. The van der Waals surface area contributed by atoms with E-state index in [9.17, 15) is 0 Å². The molecular weight excluding hydrogens is 300 g/mol. The van der Waals surface area contributed by atoms with Gasteiger partial charge in [-0.2, -0.15) is 0 Å². The van der Waals surface area contributed by atoms with E-state index >= 15 is 0 Å². The number of aromatic nitrogens is 1. The van der Waals surface area contributed by atoms with Crippen molar-refractivity contribution in [2.75, 3.05) is 11.9 Å². The number of nitrogens with zero attached hydrogens (tertiary/aromatic N) is 2. The second kappa shape index (κ2) is 4.31. The van der Waals surface area contributed by atoms with Gasteiger partial charge in [-0.05, 0) is 30.0 Å². The lowest BCUT2D eigenvalue weighted by Gasteiger charge is -1.99. The molecule has 2 aromatic heterocycles. The molecular formula is C12H11BrN2OS. The molecule has 0 saturated carbocycles. The largest absolute Gasteiger partial charge is 0.394 e. The van der Waals surface area contributed by atoms with Crippen LogP contribution in [0.25, 0.3) is 5.69 Å². The molecule has 0 radical (unpaired) electrons. The van der Waals surface area contributed by atoms with Crippen LogP contribution in [0.4, 0.5) is 0 Å². The molecule has 0 spiro atoms. The van der Waals surface area contributed by atoms with Crippen molar-refractivity contribution in [1.29, 1.82) is 0 Å². The van der Waals surface area contributed by atoms with Gasteiger partial charge in [0.05, 0.1) is 16.3 Å². The smallest absolute Gasteiger partial charge is 0.146 e. The highest BCUT2D eigenvalue weighted by Crippen LogP contribution is 2.35. The summed E-state index contributed by atoms with van der Waals surface area (Å²) in [5.41, 5.74) is 4.60. The summed E-state index contributed by atoms with van der Waals surface area (Å²) in [5, 5.41) is 7.21. The Morgan fingerprint density at radius 1 is 1.53 bits per heavy atom. The van der Waals surface area contributed by atoms with Crippen molar-refractivity contribution in [1.82, 2.24) is 4.57 Å². The first-order chi connectivity index (χ1) is 8.33. The summed E-state index contributed by atoms with van der Waals surface area (Å²) in [4.78, 5) is 6.50. The summed E-state index contributed by atoms with van der Waals surface area (Å²) in [7, 11) is 0. The van der Waals surface area contributed by atoms with Crippen LogP contribution in [0.1, 0.15) is 16.1 Å². The van der Waals surface area contributed by atoms with Gasteiger partial charge in [0, 0.05) is 11.5 Å². The molecule has 3 rings (SSSR count). The molecule has 0 unspecified atom stereocenters. The van der Waals surface area contributed by atoms with Crippen LogP contribution < -0.4 is 0 Å². The highest BCUT2D eigenvalue weighted by atomic mass is 79.9. The van der Waals surface area contributed by atoms with E-state index in [1.165, 1.54) is 16.1 Å². The molecule has 0 bridgehead atoms. The van der Waals surface area contributed by atoms with Crippen LogP contribution in [-0.4, -0.2) is 22.2 Å². The monoisotopic (exact) mass is 310 g/mol. The molecule has 0 aromatic carbocycles. The number of oxime groups is 1. The Morgan fingerprint density at radius 2 is 2.41 bits per heavy atom. The molecule has 0 atom stereocenters. The summed E-state index contributed by atoms with van der Waals surface area (Å²) in [6.07, 6.45) is 2.07. The van der Waals surface area contributed by atoms with E-state index in [1.807, 2.05) is 6.07 Å². The van der Waals surface area contributed by atoms with E-state index in [0.29, 0.717) is 6.61 Å². The Bertz CT molecular complexity index is 585. The molecule has 5 heteroatoms. The third-order valence-corrected chi connectivity index (χ3v) is 4.13. The fraction of sp³-hybridized carbons (Fsp3) is 0.250. The fourth-order valence-corrected chi connectivity index (χ4v) is 3.20. The SMILES string of the molecule is Cc1csc2c1-n1cccc1/C2=N/OCCBr. The maximum Gasteiger partial charge on any atom is 0.146 e. The molecule has 0 saturated heterocycles. The summed E-state index contributed by atoms with van der Waals surface area (Å²) in [5.74, 6) is 0. The van der Waals surface area contributed by atoms with Crippen molar-refractivity contribution in [3.63, 3.8) is 0 Å². The first-order valence-corrected chi connectivity index (χ1v) is 7.35. The van der Waals surface area contributed by atoms with Gasteiger partial charge in [-0.3, -0.25) is 0 Å². The maximum absolute atomic E-state index is 5.29. The van der Waals surface area contributed by atoms with Crippen molar-refractivity contribution >= 4 is 33.0 Å². The molecule has 1 aliphatic heterocycles. The van der Waals surface area contributed by atoms with E-state index in [2.05, 4.69) is 50.2 Å². The Morgan fingerprint density at radius 3 is 3.24 bits per heavy atom. The third-order valence-electron chi connectivity index (χ3n) is 2.71. The number of thiophene rings is 1. The van der Waals surface area contributed by atoms with Gasteiger partial charge in [0.2, 0.25) is 0 Å². The van der Waals surface area contributed by atoms with Crippen LogP contribution in [-0.2, 0) is 4.84 Å². The average Bonchev–Trinajstić information content (AvgIpc) is 2.95. The highest BCUT2D eigenvalue weighted by molar-refractivity contribution is 9.09. The van der Waals surface area contributed by atoms with E-state index in [1.54, 1.807) is 11.3 Å². The Hall–Kier alpha value is -1.07. The molecule has 17 heavy (non-hydrogen) atoms. The quantitative estimate of drug-likeness (QED) is 0.414. The zero-order chi connectivity index (χ0) is 11.8. The number of hydrogen-bond acceptors (Lipinski definition) is 3. The standard InChI is InChI=1S/C12H11BrN2OS/c1-8-7-17-12-10(14-16-6-4-13)9-3-2-5-15(9)11(8)12/h2-3,5,7H,4,6H2,1H3/b14-10-. The molecule has 0 aliphatic carbocycles. The zero-order valence-corrected chi connectivity index (χ0v) is 11.7. The zero-order valence-electron chi connectivity index (χ0n) is 9.31. The van der Waals surface area contributed by atoms with Gasteiger partial charge in [-0.15, -0.1) is 11.3 Å². The average molecular weight is 311 g/mol. The van der Waals surface area contributed by atoms with E-state index < -0.39 is 0 Å². The van der Waals surface area contributed by atoms with Gasteiger partial charge < -0.3 is 9.40 Å². The number of fused-ring (bicyclic) bond motifs is 3. The van der Waals surface area contributed by atoms with Crippen LogP contribution in [0.2, 0.25) is 0 Å².